The molecular formula is C19H28O2S. The van der Waals surface area contributed by atoms with Gasteiger partial charge in [-0.15, -0.1) is 11.8 Å². The number of carboxylic acids is 1. The van der Waals surface area contributed by atoms with Gasteiger partial charge in [-0.2, -0.15) is 0 Å². The number of rotatable bonds is 4. The molecule has 0 spiro atoms. The highest BCUT2D eigenvalue weighted by molar-refractivity contribution is 8.00. The second-order valence-electron chi connectivity index (χ2n) is 7.27. The lowest BCUT2D eigenvalue weighted by molar-refractivity contribution is 0.0697. The average Bonchev–Trinajstić information content (AvgIpc) is 2.43. The molecule has 0 saturated heterocycles. The summed E-state index contributed by atoms with van der Waals surface area (Å²) in [4.78, 5) is 12.1. The predicted octanol–water partition coefficient (Wildman–Crippen LogP) is 6.01. The van der Waals surface area contributed by atoms with Crippen LogP contribution < -0.4 is 0 Å². The Balaban J connectivity index is 2.12. The van der Waals surface area contributed by atoms with Crippen molar-refractivity contribution in [1.82, 2.24) is 0 Å². The van der Waals surface area contributed by atoms with Crippen molar-refractivity contribution in [2.45, 2.75) is 75.4 Å². The number of benzene rings is 1. The van der Waals surface area contributed by atoms with Crippen molar-refractivity contribution < 1.29 is 9.90 Å². The van der Waals surface area contributed by atoms with Crippen LogP contribution in [0.25, 0.3) is 0 Å². The van der Waals surface area contributed by atoms with Crippen molar-refractivity contribution in [3.63, 3.8) is 0 Å². The molecule has 0 amide bonds. The molecule has 2 rings (SSSR count). The smallest absolute Gasteiger partial charge is 0.335 e. The van der Waals surface area contributed by atoms with Crippen LogP contribution in [0.4, 0.5) is 0 Å². The zero-order chi connectivity index (χ0) is 16.2. The van der Waals surface area contributed by atoms with Gasteiger partial charge in [-0.3, -0.25) is 0 Å². The maximum absolute atomic E-state index is 11.0. The Morgan fingerprint density at radius 3 is 2.05 bits per heavy atom. The monoisotopic (exact) mass is 320 g/mol. The first-order valence-corrected chi connectivity index (χ1v) is 9.18. The van der Waals surface area contributed by atoms with E-state index in [2.05, 4.69) is 20.8 Å². The molecule has 1 aliphatic carbocycles. The zero-order valence-electron chi connectivity index (χ0n) is 14.0. The Hall–Kier alpha value is -0.960. The number of aromatic carboxylic acids is 1. The molecule has 0 aliphatic heterocycles. The fraction of sp³-hybridized carbons (Fsp3) is 0.632. The highest BCUT2D eigenvalue weighted by Crippen LogP contribution is 2.51. The van der Waals surface area contributed by atoms with Crippen molar-refractivity contribution >= 4 is 17.7 Å². The van der Waals surface area contributed by atoms with E-state index in [-0.39, 0.29) is 4.75 Å². The summed E-state index contributed by atoms with van der Waals surface area (Å²) in [5.41, 5.74) is 0.697. The van der Waals surface area contributed by atoms with Crippen LogP contribution in [-0.4, -0.2) is 15.8 Å². The summed E-state index contributed by atoms with van der Waals surface area (Å²) in [6.07, 6.45) is 9.37. The van der Waals surface area contributed by atoms with Gasteiger partial charge >= 0.3 is 5.97 Å². The van der Waals surface area contributed by atoms with Gasteiger partial charge < -0.3 is 5.11 Å². The van der Waals surface area contributed by atoms with Gasteiger partial charge in [0.05, 0.1) is 5.56 Å². The van der Waals surface area contributed by atoms with E-state index in [4.69, 9.17) is 5.11 Å². The van der Waals surface area contributed by atoms with Crippen LogP contribution in [-0.2, 0) is 0 Å². The molecular weight excluding hydrogens is 292 g/mol. The minimum absolute atomic E-state index is 0.148. The standard InChI is InChI=1S/C19H28O2S/c1-18(2,19(3)13-7-5-4-6-8-14-19)22-16-11-9-15(10-12-16)17(20)21/h9-12H,4-8,13-14H2,1-3H3,(H,20,21). The Bertz CT molecular complexity index is 497. The summed E-state index contributed by atoms with van der Waals surface area (Å²) in [6.45, 7) is 7.14. The largest absolute Gasteiger partial charge is 0.478 e. The molecule has 1 aliphatic rings. The molecule has 0 unspecified atom stereocenters. The van der Waals surface area contributed by atoms with Crippen LogP contribution in [0.15, 0.2) is 29.2 Å². The highest BCUT2D eigenvalue weighted by atomic mass is 32.2. The lowest BCUT2D eigenvalue weighted by Gasteiger charge is -2.45. The number of hydrogen-bond acceptors (Lipinski definition) is 2. The average molecular weight is 320 g/mol. The van der Waals surface area contributed by atoms with Crippen molar-refractivity contribution in [3.8, 4) is 0 Å². The molecule has 0 heterocycles. The van der Waals surface area contributed by atoms with E-state index in [9.17, 15) is 4.79 Å². The summed E-state index contributed by atoms with van der Waals surface area (Å²) in [5.74, 6) is -0.859. The lowest BCUT2D eigenvalue weighted by atomic mass is 9.70. The van der Waals surface area contributed by atoms with E-state index in [1.165, 1.54) is 49.8 Å². The van der Waals surface area contributed by atoms with Crippen molar-refractivity contribution in [2.75, 3.05) is 0 Å². The number of carboxylic acid groups (broad SMARTS) is 1. The molecule has 1 aromatic rings. The molecule has 3 heteroatoms. The molecule has 0 aromatic heterocycles. The second-order valence-corrected chi connectivity index (χ2v) is 8.97. The summed E-state index contributed by atoms with van der Waals surface area (Å²) in [6, 6.07) is 7.31. The predicted molar refractivity (Wildman–Crippen MR) is 93.8 cm³/mol. The van der Waals surface area contributed by atoms with Gasteiger partial charge in [0.1, 0.15) is 0 Å². The molecule has 122 valence electrons. The molecule has 1 N–H and O–H groups in total. The number of carbonyl (C=O) groups is 1. The number of thioether (sulfide) groups is 1. The third-order valence-corrected chi connectivity index (χ3v) is 6.90. The topological polar surface area (TPSA) is 37.3 Å². The fourth-order valence-corrected chi connectivity index (χ4v) is 4.68. The van der Waals surface area contributed by atoms with Gasteiger partial charge in [0, 0.05) is 9.64 Å². The van der Waals surface area contributed by atoms with Gasteiger partial charge in [-0.1, -0.05) is 39.0 Å². The molecule has 1 saturated carbocycles. The van der Waals surface area contributed by atoms with E-state index < -0.39 is 5.97 Å². The molecule has 2 nitrogen and oxygen atoms in total. The van der Waals surface area contributed by atoms with Crippen LogP contribution in [0, 0.1) is 5.41 Å². The summed E-state index contributed by atoms with van der Waals surface area (Å²) >= 11 is 1.89. The molecule has 0 atom stereocenters. The summed E-state index contributed by atoms with van der Waals surface area (Å²) in [5, 5.41) is 9.00. The van der Waals surface area contributed by atoms with Gasteiger partial charge in [0.25, 0.3) is 0 Å². The van der Waals surface area contributed by atoms with Crippen LogP contribution in [0.1, 0.15) is 76.1 Å². The Morgan fingerprint density at radius 2 is 1.55 bits per heavy atom. The minimum Gasteiger partial charge on any atom is -0.478 e. The van der Waals surface area contributed by atoms with Gasteiger partial charge in [0.15, 0.2) is 0 Å². The normalized spacial score (nSPS) is 19.2. The van der Waals surface area contributed by atoms with E-state index >= 15 is 0 Å². The Morgan fingerprint density at radius 1 is 1.05 bits per heavy atom. The third kappa shape index (κ3) is 4.07. The second kappa shape index (κ2) is 7.08. The van der Waals surface area contributed by atoms with Crippen molar-refractivity contribution in [3.05, 3.63) is 29.8 Å². The Kier molecular flexibility index (Phi) is 5.60. The van der Waals surface area contributed by atoms with Gasteiger partial charge in [-0.25, -0.2) is 4.79 Å². The van der Waals surface area contributed by atoms with Crippen LogP contribution in [0.2, 0.25) is 0 Å². The Labute approximate surface area is 138 Å². The zero-order valence-corrected chi connectivity index (χ0v) is 14.8. The molecule has 0 bridgehead atoms. The van der Waals surface area contributed by atoms with E-state index in [1.807, 2.05) is 23.9 Å². The number of hydrogen-bond donors (Lipinski definition) is 1. The van der Waals surface area contributed by atoms with Crippen LogP contribution in [0.3, 0.4) is 0 Å². The SMILES string of the molecule is CC1(C(C)(C)Sc2ccc(C(=O)O)cc2)CCCCCCC1. The minimum atomic E-state index is -0.859. The summed E-state index contributed by atoms with van der Waals surface area (Å²) in [7, 11) is 0. The van der Waals surface area contributed by atoms with E-state index in [0.29, 0.717) is 11.0 Å². The quantitative estimate of drug-likeness (QED) is 0.691. The fourth-order valence-electron chi connectivity index (χ4n) is 3.37. The van der Waals surface area contributed by atoms with Crippen LogP contribution >= 0.6 is 11.8 Å². The molecule has 22 heavy (non-hydrogen) atoms. The maximum atomic E-state index is 11.0. The third-order valence-electron chi connectivity index (χ3n) is 5.38. The lowest BCUT2D eigenvalue weighted by Crippen LogP contribution is -2.39. The summed E-state index contributed by atoms with van der Waals surface area (Å²) < 4.78 is 0.148. The van der Waals surface area contributed by atoms with E-state index in [1.54, 1.807) is 12.1 Å². The van der Waals surface area contributed by atoms with Gasteiger partial charge in [-0.05, 0) is 56.4 Å². The van der Waals surface area contributed by atoms with Crippen molar-refractivity contribution in [2.24, 2.45) is 5.41 Å². The van der Waals surface area contributed by atoms with Crippen molar-refractivity contribution in [1.29, 1.82) is 0 Å². The molecule has 1 fully saturated rings. The molecule has 1 aromatic carbocycles. The first kappa shape index (κ1) is 17.4. The highest BCUT2D eigenvalue weighted by Gasteiger charge is 2.41. The van der Waals surface area contributed by atoms with Crippen LogP contribution in [0.5, 0.6) is 0 Å². The van der Waals surface area contributed by atoms with Gasteiger partial charge in [0.2, 0.25) is 0 Å². The van der Waals surface area contributed by atoms with E-state index in [0.717, 1.165) is 0 Å². The first-order valence-electron chi connectivity index (χ1n) is 8.36. The first-order chi connectivity index (χ1) is 10.3. The maximum Gasteiger partial charge on any atom is 0.335 e. The molecule has 0 radical (unpaired) electrons.